The van der Waals surface area contributed by atoms with Crippen LogP contribution in [0.2, 0.25) is 0 Å². The van der Waals surface area contributed by atoms with Gasteiger partial charge in [-0.25, -0.2) is 0 Å². The van der Waals surface area contributed by atoms with Gasteiger partial charge in [0.1, 0.15) is 11.5 Å². The van der Waals surface area contributed by atoms with Crippen LogP contribution < -0.4 is 14.8 Å². The van der Waals surface area contributed by atoms with E-state index in [4.69, 9.17) is 14.7 Å². The maximum atomic E-state index is 9.08. The van der Waals surface area contributed by atoms with Crippen molar-refractivity contribution in [2.75, 3.05) is 19.5 Å². The molecule has 96 valence electrons. The largest absolute Gasteiger partial charge is 0.497 e. The van der Waals surface area contributed by atoms with Gasteiger partial charge in [0.25, 0.3) is 0 Å². The van der Waals surface area contributed by atoms with Gasteiger partial charge < -0.3 is 14.8 Å². The minimum atomic E-state index is 0.0943. The molecule has 0 amide bonds. The van der Waals surface area contributed by atoms with Gasteiger partial charge in [0.2, 0.25) is 0 Å². The summed E-state index contributed by atoms with van der Waals surface area (Å²) in [5.41, 5.74) is 0.922. The number of nitrogens with zero attached hydrogens (tertiary/aromatic N) is 1. The molecule has 0 spiro atoms. The summed E-state index contributed by atoms with van der Waals surface area (Å²) in [5, 5.41) is 12.5. The van der Waals surface area contributed by atoms with Gasteiger partial charge in [0.05, 0.1) is 31.9 Å². The normalized spacial score (nSPS) is 22.3. The van der Waals surface area contributed by atoms with Crippen molar-refractivity contribution in [2.24, 2.45) is 5.92 Å². The number of rotatable bonds is 4. The lowest BCUT2D eigenvalue weighted by molar-refractivity contribution is 0.395. The second-order valence-electron chi connectivity index (χ2n) is 4.48. The van der Waals surface area contributed by atoms with Crippen LogP contribution in [0.15, 0.2) is 18.2 Å². The number of nitriles is 1. The zero-order valence-electron chi connectivity index (χ0n) is 10.8. The lowest BCUT2D eigenvalue weighted by atomic mass is 10.1. The molecule has 0 aliphatic heterocycles. The average molecular weight is 246 g/mol. The lowest BCUT2D eigenvalue weighted by Crippen LogP contribution is -2.23. The van der Waals surface area contributed by atoms with Crippen molar-refractivity contribution in [3.05, 3.63) is 18.2 Å². The summed E-state index contributed by atoms with van der Waals surface area (Å²) in [6, 6.07) is 8.26. The predicted molar refractivity (Wildman–Crippen MR) is 69.9 cm³/mol. The first kappa shape index (κ1) is 12.6. The third-order valence-corrected chi connectivity index (χ3v) is 3.43. The van der Waals surface area contributed by atoms with Gasteiger partial charge in [-0.1, -0.05) is 0 Å². The fourth-order valence-electron chi connectivity index (χ4n) is 2.40. The standard InChI is InChI=1S/C14H18N2O2/c1-17-11-6-7-13(14(8-11)18-2)16-12-5-3-4-10(12)9-15/h6-8,10,12,16H,3-5H2,1-2H3. The molecular weight excluding hydrogens is 228 g/mol. The number of hydrogen-bond donors (Lipinski definition) is 1. The molecule has 1 aromatic rings. The van der Waals surface area contributed by atoms with E-state index in [2.05, 4.69) is 11.4 Å². The molecule has 1 aromatic carbocycles. The molecule has 4 heteroatoms. The molecule has 2 unspecified atom stereocenters. The minimum absolute atomic E-state index is 0.0943. The zero-order chi connectivity index (χ0) is 13.0. The van der Waals surface area contributed by atoms with Crippen molar-refractivity contribution in [3.63, 3.8) is 0 Å². The van der Waals surface area contributed by atoms with Gasteiger partial charge in [-0.2, -0.15) is 5.26 Å². The van der Waals surface area contributed by atoms with Gasteiger partial charge in [-0.05, 0) is 31.4 Å². The Bertz CT molecular complexity index is 454. The third-order valence-electron chi connectivity index (χ3n) is 3.43. The Labute approximate surface area is 108 Å². The predicted octanol–water partition coefficient (Wildman–Crippen LogP) is 2.81. The monoisotopic (exact) mass is 246 g/mol. The van der Waals surface area contributed by atoms with Gasteiger partial charge in [0, 0.05) is 12.1 Å². The first-order chi connectivity index (χ1) is 8.78. The molecule has 18 heavy (non-hydrogen) atoms. The minimum Gasteiger partial charge on any atom is -0.497 e. The highest BCUT2D eigenvalue weighted by Gasteiger charge is 2.27. The first-order valence-corrected chi connectivity index (χ1v) is 6.16. The molecule has 1 fully saturated rings. The van der Waals surface area contributed by atoms with E-state index in [0.717, 1.165) is 36.4 Å². The van der Waals surface area contributed by atoms with E-state index in [-0.39, 0.29) is 12.0 Å². The lowest BCUT2D eigenvalue weighted by Gasteiger charge is -2.19. The zero-order valence-corrected chi connectivity index (χ0v) is 10.8. The highest BCUT2D eigenvalue weighted by Crippen LogP contribution is 2.33. The summed E-state index contributed by atoms with van der Waals surface area (Å²) in [4.78, 5) is 0. The van der Waals surface area contributed by atoms with E-state index in [9.17, 15) is 0 Å². The van der Waals surface area contributed by atoms with E-state index in [0.29, 0.717) is 0 Å². The fourth-order valence-corrected chi connectivity index (χ4v) is 2.40. The molecule has 0 saturated heterocycles. The Morgan fingerprint density at radius 3 is 2.78 bits per heavy atom. The van der Waals surface area contributed by atoms with Crippen molar-refractivity contribution in [1.29, 1.82) is 5.26 Å². The number of anilines is 1. The smallest absolute Gasteiger partial charge is 0.145 e. The average Bonchev–Trinajstić information content (AvgIpc) is 2.86. The van der Waals surface area contributed by atoms with E-state index >= 15 is 0 Å². The van der Waals surface area contributed by atoms with Crippen LogP contribution in [0, 0.1) is 17.2 Å². The van der Waals surface area contributed by atoms with Crippen LogP contribution in [-0.4, -0.2) is 20.3 Å². The van der Waals surface area contributed by atoms with Gasteiger partial charge in [-0.15, -0.1) is 0 Å². The van der Waals surface area contributed by atoms with Crippen molar-refractivity contribution in [2.45, 2.75) is 25.3 Å². The Morgan fingerprint density at radius 2 is 2.11 bits per heavy atom. The van der Waals surface area contributed by atoms with Gasteiger partial charge in [-0.3, -0.25) is 0 Å². The number of ether oxygens (including phenoxy) is 2. The number of benzene rings is 1. The molecule has 1 saturated carbocycles. The highest BCUT2D eigenvalue weighted by atomic mass is 16.5. The highest BCUT2D eigenvalue weighted by molar-refractivity contribution is 5.60. The van der Waals surface area contributed by atoms with Crippen LogP contribution in [0.3, 0.4) is 0 Å². The van der Waals surface area contributed by atoms with Crippen LogP contribution in [0.4, 0.5) is 5.69 Å². The first-order valence-electron chi connectivity index (χ1n) is 6.16. The number of nitrogens with one attached hydrogen (secondary N) is 1. The molecule has 0 aromatic heterocycles. The molecule has 0 bridgehead atoms. The second kappa shape index (κ2) is 5.63. The summed E-state index contributed by atoms with van der Waals surface area (Å²) in [6.45, 7) is 0. The fraction of sp³-hybridized carbons (Fsp3) is 0.500. The molecule has 0 heterocycles. The van der Waals surface area contributed by atoms with Crippen molar-refractivity contribution >= 4 is 5.69 Å². The van der Waals surface area contributed by atoms with Crippen molar-refractivity contribution < 1.29 is 9.47 Å². The quantitative estimate of drug-likeness (QED) is 0.887. The molecule has 0 radical (unpaired) electrons. The SMILES string of the molecule is COc1ccc(NC2CCCC2C#N)c(OC)c1. The summed E-state index contributed by atoms with van der Waals surface area (Å²) < 4.78 is 10.5. The van der Waals surface area contributed by atoms with Gasteiger partial charge in [0.15, 0.2) is 0 Å². The summed E-state index contributed by atoms with van der Waals surface area (Å²) >= 11 is 0. The molecule has 1 aliphatic carbocycles. The van der Waals surface area contributed by atoms with Crippen molar-refractivity contribution in [3.8, 4) is 17.6 Å². The molecule has 2 rings (SSSR count). The van der Waals surface area contributed by atoms with Gasteiger partial charge >= 0.3 is 0 Å². The van der Waals surface area contributed by atoms with Crippen LogP contribution >= 0.6 is 0 Å². The molecule has 1 aliphatic rings. The Hall–Kier alpha value is -1.89. The maximum Gasteiger partial charge on any atom is 0.145 e. The Morgan fingerprint density at radius 1 is 1.28 bits per heavy atom. The maximum absolute atomic E-state index is 9.08. The molecule has 4 nitrogen and oxygen atoms in total. The van der Waals surface area contributed by atoms with E-state index in [1.165, 1.54) is 0 Å². The Balaban J connectivity index is 2.16. The summed E-state index contributed by atoms with van der Waals surface area (Å²) in [6.07, 6.45) is 3.12. The number of methoxy groups -OCH3 is 2. The van der Waals surface area contributed by atoms with Crippen LogP contribution in [0.5, 0.6) is 11.5 Å². The van der Waals surface area contributed by atoms with E-state index in [1.807, 2.05) is 18.2 Å². The molecular formula is C14H18N2O2. The van der Waals surface area contributed by atoms with E-state index < -0.39 is 0 Å². The topological polar surface area (TPSA) is 54.3 Å². The number of hydrogen-bond acceptors (Lipinski definition) is 4. The molecule has 1 N–H and O–H groups in total. The van der Waals surface area contributed by atoms with Crippen LogP contribution in [-0.2, 0) is 0 Å². The van der Waals surface area contributed by atoms with Crippen molar-refractivity contribution in [1.82, 2.24) is 0 Å². The van der Waals surface area contributed by atoms with Crippen LogP contribution in [0.1, 0.15) is 19.3 Å². The Kier molecular flexibility index (Phi) is 3.93. The molecule has 2 atom stereocenters. The summed E-state index contributed by atoms with van der Waals surface area (Å²) in [5.74, 6) is 1.61. The van der Waals surface area contributed by atoms with E-state index in [1.54, 1.807) is 14.2 Å². The summed E-state index contributed by atoms with van der Waals surface area (Å²) in [7, 11) is 3.26. The third kappa shape index (κ3) is 2.51. The second-order valence-corrected chi connectivity index (χ2v) is 4.48. The van der Waals surface area contributed by atoms with Crippen LogP contribution in [0.25, 0.3) is 0 Å².